The van der Waals surface area contributed by atoms with Crippen molar-refractivity contribution in [2.75, 3.05) is 12.8 Å². The maximum atomic E-state index is 13.6. The van der Waals surface area contributed by atoms with Crippen LogP contribution in [-0.4, -0.2) is 32.2 Å². The molecule has 2 aromatic rings. The van der Waals surface area contributed by atoms with Crippen molar-refractivity contribution in [1.29, 1.82) is 0 Å². The molecule has 0 radical (unpaired) electrons. The largest absolute Gasteiger partial charge is 0.357 e. The van der Waals surface area contributed by atoms with Crippen LogP contribution in [0, 0.1) is 12.7 Å². The molecule has 0 atom stereocenters. The van der Waals surface area contributed by atoms with E-state index in [-0.39, 0.29) is 12.3 Å². The summed E-state index contributed by atoms with van der Waals surface area (Å²) in [7, 11) is -3.22. The Morgan fingerprint density at radius 3 is 2.63 bits per heavy atom. The number of nitrogens with one attached hydrogen (secondary N) is 2. The Kier molecular flexibility index (Phi) is 7.29. The number of sulfone groups is 1. The zero-order valence-electron chi connectivity index (χ0n) is 15.8. The van der Waals surface area contributed by atoms with Gasteiger partial charge in [-0.3, -0.25) is 4.98 Å². The summed E-state index contributed by atoms with van der Waals surface area (Å²) in [5.74, 6) is -0.00952. The molecule has 6 nitrogen and oxygen atoms in total. The summed E-state index contributed by atoms with van der Waals surface area (Å²) in [6.45, 7) is 5.19. The molecule has 0 spiro atoms. The van der Waals surface area contributed by atoms with E-state index in [4.69, 9.17) is 0 Å². The molecule has 0 amide bonds. The molecule has 1 aromatic carbocycles. The highest BCUT2D eigenvalue weighted by atomic mass is 32.2. The first-order valence-corrected chi connectivity index (χ1v) is 10.7. The predicted octanol–water partition coefficient (Wildman–Crippen LogP) is 2.33. The Balaban J connectivity index is 2.15. The fourth-order valence-corrected chi connectivity index (χ4v) is 3.39. The third-order valence-electron chi connectivity index (χ3n) is 3.72. The van der Waals surface area contributed by atoms with Gasteiger partial charge in [-0.05, 0) is 49.2 Å². The monoisotopic (exact) mass is 392 g/mol. The molecule has 2 N–H and O–H groups in total. The van der Waals surface area contributed by atoms with Gasteiger partial charge in [-0.25, -0.2) is 17.8 Å². The molecule has 0 fully saturated rings. The molecule has 27 heavy (non-hydrogen) atoms. The molecule has 2 rings (SSSR count). The van der Waals surface area contributed by atoms with Crippen LogP contribution in [0.2, 0.25) is 0 Å². The van der Waals surface area contributed by atoms with Gasteiger partial charge in [0.25, 0.3) is 0 Å². The lowest BCUT2D eigenvalue weighted by Gasteiger charge is -2.12. The van der Waals surface area contributed by atoms with Gasteiger partial charge in [0.05, 0.1) is 24.5 Å². The second kappa shape index (κ2) is 9.45. The third kappa shape index (κ3) is 7.34. The highest BCUT2D eigenvalue weighted by Gasteiger charge is 2.11. The Bertz CT molecular complexity index is 914. The molecular weight excluding hydrogens is 367 g/mol. The van der Waals surface area contributed by atoms with Gasteiger partial charge in [0.1, 0.15) is 5.82 Å². The van der Waals surface area contributed by atoms with Crippen LogP contribution in [0.3, 0.4) is 0 Å². The lowest BCUT2D eigenvalue weighted by Crippen LogP contribution is -2.37. The Hall–Kier alpha value is -2.48. The van der Waals surface area contributed by atoms with Crippen LogP contribution in [0.1, 0.15) is 29.4 Å². The molecule has 0 saturated carbocycles. The number of halogens is 1. The molecule has 0 aliphatic rings. The lowest BCUT2D eigenvalue weighted by molar-refractivity contribution is 0.600. The summed E-state index contributed by atoms with van der Waals surface area (Å²) in [6.07, 6.45) is 1.16. The van der Waals surface area contributed by atoms with E-state index in [0.29, 0.717) is 30.2 Å². The van der Waals surface area contributed by atoms with E-state index in [1.165, 1.54) is 18.2 Å². The van der Waals surface area contributed by atoms with Gasteiger partial charge in [0.15, 0.2) is 15.8 Å². The van der Waals surface area contributed by atoms with Crippen LogP contribution in [0.15, 0.2) is 41.4 Å². The molecule has 1 heterocycles. The molecule has 0 unspecified atom stereocenters. The first kappa shape index (κ1) is 20.8. The van der Waals surface area contributed by atoms with Gasteiger partial charge in [-0.1, -0.05) is 12.1 Å². The number of hydrogen-bond donors (Lipinski definition) is 2. The number of nitrogens with zero attached hydrogens (tertiary/aromatic N) is 2. The van der Waals surface area contributed by atoms with Crippen LogP contribution in [0.4, 0.5) is 4.39 Å². The van der Waals surface area contributed by atoms with E-state index in [0.717, 1.165) is 17.6 Å². The minimum absolute atomic E-state index is 0.144. The smallest absolute Gasteiger partial charge is 0.191 e. The average Bonchev–Trinajstić information content (AvgIpc) is 2.58. The SMILES string of the molecule is CCNC(=NCc1cc(F)ccc1CS(C)(=O)=O)NCc1cccc(C)n1. The molecule has 146 valence electrons. The number of pyridine rings is 1. The van der Waals surface area contributed by atoms with Crippen LogP contribution >= 0.6 is 0 Å². The fourth-order valence-electron chi connectivity index (χ4n) is 2.54. The van der Waals surface area contributed by atoms with Crippen LogP contribution < -0.4 is 10.6 Å². The molecular formula is C19H25FN4O2S. The van der Waals surface area contributed by atoms with Crippen molar-refractivity contribution in [3.63, 3.8) is 0 Å². The summed E-state index contributed by atoms with van der Waals surface area (Å²) >= 11 is 0. The predicted molar refractivity (Wildman–Crippen MR) is 106 cm³/mol. The van der Waals surface area contributed by atoms with Gasteiger partial charge in [-0.2, -0.15) is 0 Å². The maximum absolute atomic E-state index is 13.6. The second-order valence-corrected chi connectivity index (χ2v) is 8.44. The maximum Gasteiger partial charge on any atom is 0.191 e. The Labute approximate surface area is 159 Å². The van der Waals surface area contributed by atoms with E-state index in [1.807, 2.05) is 32.0 Å². The minimum atomic E-state index is -3.22. The summed E-state index contributed by atoms with van der Waals surface area (Å²) in [4.78, 5) is 8.89. The lowest BCUT2D eigenvalue weighted by atomic mass is 10.1. The Morgan fingerprint density at radius 2 is 1.96 bits per heavy atom. The summed E-state index contributed by atoms with van der Waals surface area (Å²) in [5.41, 5.74) is 2.91. The van der Waals surface area contributed by atoms with E-state index in [2.05, 4.69) is 20.6 Å². The van der Waals surface area contributed by atoms with Gasteiger partial charge < -0.3 is 10.6 Å². The molecule has 1 aromatic heterocycles. The minimum Gasteiger partial charge on any atom is -0.357 e. The molecule has 0 bridgehead atoms. The van der Waals surface area contributed by atoms with Gasteiger partial charge >= 0.3 is 0 Å². The molecule has 0 saturated heterocycles. The normalized spacial score (nSPS) is 12.1. The topological polar surface area (TPSA) is 83.5 Å². The summed E-state index contributed by atoms with van der Waals surface area (Å²) in [6, 6.07) is 9.87. The van der Waals surface area contributed by atoms with Crippen molar-refractivity contribution in [1.82, 2.24) is 15.6 Å². The van der Waals surface area contributed by atoms with E-state index in [1.54, 1.807) is 0 Å². The van der Waals surface area contributed by atoms with Gasteiger partial charge in [0, 0.05) is 18.5 Å². The van der Waals surface area contributed by atoms with Crippen molar-refractivity contribution in [2.45, 2.75) is 32.7 Å². The fraction of sp³-hybridized carbons (Fsp3) is 0.368. The zero-order valence-corrected chi connectivity index (χ0v) is 16.6. The summed E-state index contributed by atoms with van der Waals surface area (Å²) in [5, 5.41) is 6.30. The van der Waals surface area contributed by atoms with Crippen LogP contribution in [0.5, 0.6) is 0 Å². The van der Waals surface area contributed by atoms with E-state index < -0.39 is 15.7 Å². The zero-order chi connectivity index (χ0) is 19.9. The first-order chi connectivity index (χ1) is 12.8. The highest BCUT2D eigenvalue weighted by Crippen LogP contribution is 2.15. The van der Waals surface area contributed by atoms with Crippen LogP contribution in [0.25, 0.3) is 0 Å². The second-order valence-electron chi connectivity index (χ2n) is 6.30. The van der Waals surface area contributed by atoms with E-state index in [9.17, 15) is 12.8 Å². The highest BCUT2D eigenvalue weighted by molar-refractivity contribution is 7.89. The van der Waals surface area contributed by atoms with Gasteiger partial charge in [-0.15, -0.1) is 0 Å². The van der Waals surface area contributed by atoms with Crippen molar-refractivity contribution < 1.29 is 12.8 Å². The summed E-state index contributed by atoms with van der Waals surface area (Å²) < 4.78 is 36.8. The Morgan fingerprint density at radius 1 is 1.19 bits per heavy atom. The average molecular weight is 393 g/mol. The number of hydrogen-bond acceptors (Lipinski definition) is 4. The number of guanidine groups is 1. The number of aryl methyl sites for hydroxylation is 1. The molecule has 0 aliphatic heterocycles. The van der Waals surface area contributed by atoms with Gasteiger partial charge in [0.2, 0.25) is 0 Å². The van der Waals surface area contributed by atoms with Crippen molar-refractivity contribution in [3.05, 3.63) is 64.7 Å². The molecule has 8 heteroatoms. The molecule has 0 aliphatic carbocycles. The van der Waals surface area contributed by atoms with Crippen LogP contribution in [-0.2, 0) is 28.7 Å². The van der Waals surface area contributed by atoms with Crippen molar-refractivity contribution in [2.24, 2.45) is 4.99 Å². The van der Waals surface area contributed by atoms with Crippen molar-refractivity contribution >= 4 is 15.8 Å². The third-order valence-corrected chi connectivity index (χ3v) is 4.56. The van der Waals surface area contributed by atoms with Crippen molar-refractivity contribution in [3.8, 4) is 0 Å². The standard InChI is InChI=1S/C19H25FN4O2S/c1-4-21-19(23-12-18-7-5-6-14(2)24-18)22-11-16-10-17(20)9-8-15(16)13-27(3,25)26/h5-10H,4,11-13H2,1-3H3,(H2,21,22,23). The number of benzene rings is 1. The van der Waals surface area contributed by atoms with E-state index >= 15 is 0 Å². The number of aliphatic imine (C=N–C) groups is 1. The number of rotatable bonds is 7. The number of aromatic nitrogens is 1. The quantitative estimate of drug-likeness (QED) is 0.558. The first-order valence-electron chi connectivity index (χ1n) is 8.66.